The molecule has 0 spiro atoms. The minimum Gasteiger partial charge on any atom is -0.490 e. The summed E-state index contributed by atoms with van der Waals surface area (Å²) in [4.78, 5) is 33.2. The first-order valence-electron chi connectivity index (χ1n) is 6.55. The van der Waals surface area contributed by atoms with E-state index in [4.69, 9.17) is 26.2 Å². The van der Waals surface area contributed by atoms with Crippen molar-refractivity contribution in [3.05, 3.63) is 28.4 Å². The molecule has 3 amide bonds. The topological polar surface area (TPSA) is 114 Å². The Hall–Kier alpha value is -2.74. The first-order valence-corrected chi connectivity index (χ1v) is 6.93. The van der Waals surface area contributed by atoms with Crippen LogP contribution < -0.4 is 20.1 Å². The van der Waals surface area contributed by atoms with Gasteiger partial charge in [-0.25, -0.2) is 9.59 Å². The molecule has 1 heterocycles. The second kappa shape index (κ2) is 7.01. The van der Waals surface area contributed by atoms with E-state index in [9.17, 15) is 14.4 Å². The van der Waals surface area contributed by atoms with E-state index in [0.29, 0.717) is 12.2 Å². The van der Waals surface area contributed by atoms with Gasteiger partial charge in [-0.2, -0.15) is 0 Å². The van der Waals surface area contributed by atoms with E-state index >= 15 is 0 Å². The Balaban J connectivity index is 2.35. The number of amides is 3. The molecule has 0 atom stereocenters. The van der Waals surface area contributed by atoms with Crippen LogP contribution in [0.3, 0.4) is 0 Å². The second-order valence-electron chi connectivity index (χ2n) is 4.41. The van der Waals surface area contributed by atoms with Crippen LogP contribution in [-0.2, 0) is 9.59 Å². The highest BCUT2D eigenvalue weighted by Crippen LogP contribution is 2.37. The standard InChI is InChI=1S/C14H13ClN2O6/c1-2-22-10-5-7(4-9-13(20)17-14(21)16-9)3-8(15)12(10)23-6-11(18)19/h3-5H,2,6H2,1H3,(H,18,19)(H2,16,17,20,21)/b9-4+. The van der Waals surface area contributed by atoms with Gasteiger partial charge >= 0.3 is 12.0 Å². The summed E-state index contributed by atoms with van der Waals surface area (Å²) in [5, 5.41) is 13.2. The highest BCUT2D eigenvalue weighted by atomic mass is 35.5. The van der Waals surface area contributed by atoms with Gasteiger partial charge in [0.25, 0.3) is 5.91 Å². The van der Waals surface area contributed by atoms with Gasteiger partial charge in [0.2, 0.25) is 0 Å². The number of halogens is 1. The van der Waals surface area contributed by atoms with Crippen LogP contribution in [-0.4, -0.2) is 36.2 Å². The number of carbonyl (C=O) groups is 3. The Morgan fingerprint density at radius 2 is 2.04 bits per heavy atom. The zero-order valence-electron chi connectivity index (χ0n) is 12.0. The molecule has 1 aliphatic rings. The zero-order valence-corrected chi connectivity index (χ0v) is 12.8. The molecule has 0 saturated carbocycles. The van der Waals surface area contributed by atoms with Crippen molar-refractivity contribution in [2.24, 2.45) is 0 Å². The number of aliphatic carboxylic acids is 1. The molecular formula is C14H13ClN2O6. The van der Waals surface area contributed by atoms with Crippen LogP contribution in [0, 0.1) is 0 Å². The highest BCUT2D eigenvalue weighted by molar-refractivity contribution is 6.32. The van der Waals surface area contributed by atoms with E-state index < -0.39 is 24.5 Å². The summed E-state index contributed by atoms with van der Waals surface area (Å²) in [5.74, 6) is -1.38. The van der Waals surface area contributed by atoms with Crippen molar-refractivity contribution in [2.45, 2.75) is 6.92 Å². The Kier molecular flexibility index (Phi) is 5.07. The summed E-state index contributed by atoms with van der Waals surface area (Å²) in [7, 11) is 0. The maximum Gasteiger partial charge on any atom is 0.341 e. The molecule has 0 aliphatic carbocycles. The molecule has 1 saturated heterocycles. The number of carboxylic acid groups (broad SMARTS) is 1. The van der Waals surface area contributed by atoms with Gasteiger partial charge in [0.1, 0.15) is 5.70 Å². The molecule has 0 unspecified atom stereocenters. The third-order valence-corrected chi connectivity index (χ3v) is 2.98. The number of carboxylic acids is 1. The van der Waals surface area contributed by atoms with E-state index in [2.05, 4.69) is 10.6 Å². The second-order valence-corrected chi connectivity index (χ2v) is 4.82. The Morgan fingerprint density at radius 1 is 1.30 bits per heavy atom. The van der Waals surface area contributed by atoms with Crippen LogP contribution in [0.15, 0.2) is 17.8 Å². The number of hydrogen-bond donors (Lipinski definition) is 3. The van der Waals surface area contributed by atoms with Gasteiger partial charge in [0.05, 0.1) is 11.6 Å². The van der Waals surface area contributed by atoms with E-state index in [1.165, 1.54) is 18.2 Å². The lowest BCUT2D eigenvalue weighted by atomic mass is 10.1. The quantitative estimate of drug-likeness (QED) is 0.532. The number of urea groups is 1. The summed E-state index contributed by atoms with van der Waals surface area (Å²) in [6.07, 6.45) is 1.41. The number of imide groups is 1. The van der Waals surface area contributed by atoms with Crippen molar-refractivity contribution in [1.82, 2.24) is 10.6 Å². The molecule has 0 radical (unpaired) electrons. The number of nitrogens with one attached hydrogen (secondary N) is 2. The van der Waals surface area contributed by atoms with Crippen molar-refractivity contribution >= 4 is 35.6 Å². The van der Waals surface area contributed by atoms with Gasteiger partial charge in [-0.15, -0.1) is 0 Å². The van der Waals surface area contributed by atoms with Gasteiger partial charge < -0.3 is 19.9 Å². The molecule has 1 aromatic carbocycles. The van der Waals surface area contributed by atoms with E-state index in [1.807, 2.05) is 0 Å². The van der Waals surface area contributed by atoms with Crippen molar-refractivity contribution in [3.8, 4) is 11.5 Å². The largest absolute Gasteiger partial charge is 0.490 e. The number of benzene rings is 1. The molecule has 23 heavy (non-hydrogen) atoms. The van der Waals surface area contributed by atoms with Gasteiger partial charge in [-0.3, -0.25) is 10.1 Å². The van der Waals surface area contributed by atoms with Crippen molar-refractivity contribution in [2.75, 3.05) is 13.2 Å². The Bertz CT molecular complexity index is 701. The van der Waals surface area contributed by atoms with Crippen LogP contribution in [0.4, 0.5) is 4.79 Å². The molecule has 1 fully saturated rings. The molecule has 2 rings (SSSR count). The molecule has 8 nitrogen and oxygen atoms in total. The predicted octanol–water partition coefficient (Wildman–Crippen LogP) is 1.38. The number of hydrogen-bond acceptors (Lipinski definition) is 5. The molecule has 0 aromatic heterocycles. The average molecular weight is 341 g/mol. The predicted molar refractivity (Wildman–Crippen MR) is 80.4 cm³/mol. The van der Waals surface area contributed by atoms with Crippen LogP contribution in [0.25, 0.3) is 6.08 Å². The SMILES string of the molecule is CCOc1cc(/C=C2/NC(=O)NC2=O)cc(Cl)c1OCC(=O)O. The zero-order chi connectivity index (χ0) is 17.0. The van der Waals surface area contributed by atoms with E-state index in [-0.39, 0.29) is 22.2 Å². The highest BCUT2D eigenvalue weighted by Gasteiger charge is 2.23. The maximum absolute atomic E-state index is 11.5. The van der Waals surface area contributed by atoms with Crippen molar-refractivity contribution < 1.29 is 29.0 Å². The lowest BCUT2D eigenvalue weighted by molar-refractivity contribution is -0.139. The lowest BCUT2D eigenvalue weighted by Crippen LogP contribution is -2.22. The summed E-state index contributed by atoms with van der Waals surface area (Å²) in [6, 6.07) is 2.38. The van der Waals surface area contributed by atoms with Crippen LogP contribution >= 0.6 is 11.6 Å². The third-order valence-electron chi connectivity index (χ3n) is 2.70. The fraction of sp³-hybridized carbons (Fsp3) is 0.214. The first-order chi connectivity index (χ1) is 10.9. The van der Waals surface area contributed by atoms with Gasteiger partial charge in [0, 0.05) is 0 Å². The van der Waals surface area contributed by atoms with Crippen LogP contribution in [0.2, 0.25) is 5.02 Å². The maximum atomic E-state index is 11.5. The molecular weight excluding hydrogens is 328 g/mol. The van der Waals surface area contributed by atoms with Crippen molar-refractivity contribution in [3.63, 3.8) is 0 Å². The minimum atomic E-state index is -1.15. The normalized spacial score (nSPS) is 15.3. The number of carbonyl (C=O) groups excluding carboxylic acids is 2. The first kappa shape index (κ1) is 16.6. The summed E-state index contributed by atoms with van der Waals surface area (Å²) < 4.78 is 10.5. The van der Waals surface area contributed by atoms with Crippen LogP contribution in [0.5, 0.6) is 11.5 Å². The number of ether oxygens (including phenoxy) is 2. The summed E-state index contributed by atoms with van der Waals surface area (Å²) in [5.41, 5.74) is 0.543. The lowest BCUT2D eigenvalue weighted by Gasteiger charge is -2.13. The fourth-order valence-electron chi connectivity index (χ4n) is 1.86. The van der Waals surface area contributed by atoms with Crippen molar-refractivity contribution in [1.29, 1.82) is 0 Å². The molecule has 3 N–H and O–H groups in total. The monoisotopic (exact) mass is 340 g/mol. The van der Waals surface area contributed by atoms with E-state index in [0.717, 1.165) is 0 Å². The molecule has 0 bridgehead atoms. The Morgan fingerprint density at radius 3 is 2.61 bits per heavy atom. The number of rotatable bonds is 6. The molecule has 9 heteroatoms. The molecule has 1 aliphatic heterocycles. The minimum absolute atomic E-state index is 0.0627. The van der Waals surface area contributed by atoms with Gasteiger partial charge in [-0.05, 0) is 30.7 Å². The third kappa shape index (κ3) is 4.13. The summed E-state index contributed by atoms with van der Waals surface area (Å²) in [6.45, 7) is 1.47. The summed E-state index contributed by atoms with van der Waals surface area (Å²) >= 11 is 6.09. The van der Waals surface area contributed by atoms with Gasteiger partial charge in [-0.1, -0.05) is 11.6 Å². The van der Waals surface area contributed by atoms with Gasteiger partial charge in [0.15, 0.2) is 18.1 Å². The smallest absolute Gasteiger partial charge is 0.341 e. The van der Waals surface area contributed by atoms with Crippen LogP contribution in [0.1, 0.15) is 12.5 Å². The fourth-order valence-corrected chi connectivity index (χ4v) is 2.13. The van der Waals surface area contributed by atoms with E-state index in [1.54, 1.807) is 6.92 Å². The molecule has 122 valence electrons. The molecule has 1 aromatic rings. The Labute approximate surface area is 136 Å². The average Bonchev–Trinajstić information content (AvgIpc) is 2.76.